The van der Waals surface area contributed by atoms with Crippen molar-refractivity contribution < 1.29 is 9.21 Å². The van der Waals surface area contributed by atoms with Crippen LogP contribution in [-0.2, 0) is 4.79 Å². The van der Waals surface area contributed by atoms with E-state index in [2.05, 4.69) is 34.2 Å². The minimum atomic E-state index is -0.235. The van der Waals surface area contributed by atoms with E-state index in [0.29, 0.717) is 6.42 Å². The van der Waals surface area contributed by atoms with Gasteiger partial charge in [-0.05, 0) is 50.6 Å². The van der Waals surface area contributed by atoms with E-state index in [4.69, 9.17) is 10.2 Å². The van der Waals surface area contributed by atoms with E-state index in [0.717, 1.165) is 40.6 Å². The van der Waals surface area contributed by atoms with E-state index in [1.807, 2.05) is 18.2 Å². The van der Waals surface area contributed by atoms with Gasteiger partial charge in [-0.15, -0.1) is 0 Å². The van der Waals surface area contributed by atoms with Crippen molar-refractivity contribution in [1.29, 1.82) is 0 Å². The predicted octanol–water partition coefficient (Wildman–Crippen LogP) is 3.50. The van der Waals surface area contributed by atoms with Gasteiger partial charge in [0.05, 0.1) is 6.04 Å². The van der Waals surface area contributed by atoms with Crippen LogP contribution in [0.2, 0.25) is 0 Å². The lowest BCUT2D eigenvalue weighted by atomic mass is 10.2. The Balaban J connectivity index is 1.87. The quantitative estimate of drug-likeness (QED) is 0.759. The van der Waals surface area contributed by atoms with Crippen molar-refractivity contribution in [3.8, 4) is 0 Å². The van der Waals surface area contributed by atoms with Crippen molar-refractivity contribution in [3.05, 3.63) is 34.5 Å². The Morgan fingerprint density at radius 1 is 1.40 bits per heavy atom. The summed E-state index contributed by atoms with van der Waals surface area (Å²) in [5.74, 6) is 0.689. The summed E-state index contributed by atoms with van der Waals surface area (Å²) in [5.41, 5.74) is 6.00. The number of unbranched alkanes of at least 4 members (excludes halogenated alkanes) is 1. The number of carbonyl (C=O) groups is 1. The first-order valence-corrected chi connectivity index (χ1v) is 7.56. The van der Waals surface area contributed by atoms with Crippen LogP contribution in [0.5, 0.6) is 0 Å². The normalized spacial score (nSPS) is 12.7. The molecule has 1 amide bonds. The second kappa shape index (κ2) is 6.90. The van der Waals surface area contributed by atoms with E-state index in [-0.39, 0.29) is 11.9 Å². The van der Waals surface area contributed by atoms with Gasteiger partial charge in [0, 0.05) is 16.3 Å². The highest BCUT2D eigenvalue weighted by molar-refractivity contribution is 9.10. The van der Waals surface area contributed by atoms with Crippen molar-refractivity contribution in [3.63, 3.8) is 0 Å². The van der Waals surface area contributed by atoms with Crippen molar-refractivity contribution in [2.24, 2.45) is 5.73 Å². The highest BCUT2D eigenvalue weighted by atomic mass is 79.9. The standard InChI is InChI=1S/C15H19BrN2O2/c1-10(18-7-3-2-4-15(17)19)14-9-11-8-12(16)5-6-13(11)20-14/h5-6,8-10,18H,2-4,7H2,1H3,(H2,17,19). The fourth-order valence-corrected chi connectivity index (χ4v) is 2.47. The van der Waals surface area contributed by atoms with E-state index in [9.17, 15) is 4.79 Å². The zero-order valence-electron chi connectivity index (χ0n) is 11.5. The molecule has 3 N–H and O–H groups in total. The summed E-state index contributed by atoms with van der Waals surface area (Å²) in [5, 5.41) is 4.48. The van der Waals surface area contributed by atoms with E-state index >= 15 is 0 Å². The molecule has 1 aromatic heterocycles. The molecule has 0 spiro atoms. The molecule has 0 saturated carbocycles. The van der Waals surface area contributed by atoms with Crippen LogP contribution in [0.25, 0.3) is 11.0 Å². The van der Waals surface area contributed by atoms with E-state index < -0.39 is 0 Å². The number of primary amides is 1. The number of rotatable bonds is 7. The van der Waals surface area contributed by atoms with Crippen LogP contribution in [-0.4, -0.2) is 12.5 Å². The van der Waals surface area contributed by atoms with Gasteiger partial charge < -0.3 is 15.5 Å². The van der Waals surface area contributed by atoms with Crippen molar-refractivity contribution in [1.82, 2.24) is 5.32 Å². The number of furan rings is 1. The molecule has 20 heavy (non-hydrogen) atoms. The first-order chi connectivity index (χ1) is 9.56. The maximum Gasteiger partial charge on any atom is 0.217 e. The highest BCUT2D eigenvalue weighted by Crippen LogP contribution is 2.26. The summed E-state index contributed by atoms with van der Waals surface area (Å²) in [6.07, 6.45) is 2.20. The molecule has 1 atom stereocenters. The number of fused-ring (bicyclic) bond motifs is 1. The number of hydrogen-bond donors (Lipinski definition) is 2. The lowest BCUT2D eigenvalue weighted by Crippen LogP contribution is -2.20. The summed E-state index contributed by atoms with van der Waals surface area (Å²) in [6.45, 7) is 2.91. The zero-order chi connectivity index (χ0) is 14.5. The monoisotopic (exact) mass is 338 g/mol. The SMILES string of the molecule is CC(NCCCCC(N)=O)c1cc2cc(Br)ccc2o1. The Labute approximate surface area is 126 Å². The number of benzene rings is 1. The fourth-order valence-electron chi connectivity index (χ4n) is 2.09. The second-order valence-electron chi connectivity index (χ2n) is 4.93. The molecule has 1 unspecified atom stereocenters. The van der Waals surface area contributed by atoms with Gasteiger partial charge in [-0.2, -0.15) is 0 Å². The van der Waals surface area contributed by atoms with Crippen molar-refractivity contribution >= 4 is 32.8 Å². The summed E-state index contributed by atoms with van der Waals surface area (Å²) in [7, 11) is 0. The third-order valence-corrected chi connectivity index (χ3v) is 3.72. The van der Waals surface area contributed by atoms with Crippen LogP contribution in [0.4, 0.5) is 0 Å². The van der Waals surface area contributed by atoms with Crippen molar-refractivity contribution in [2.75, 3.05) is 6.54 Å². The first-order valence-electron chi connectivity index (χ1n) is 6.77. The van der Waals surface area contributed by atoms with Gasteiger partial charge in [0.1, 0.15) is 11.3 Å². The molecule has 5 heteroatoms. The molecule has 0 saturated heterocycles. The van der Waals surface area contributed by atoms with Gasteiger partial charge in [-0.1, -0.05) is 15.9 Å². The molecule has 0 radical (unpaired) electrons. The minimum absolute atomic E-state index is 0.148. The Hall–Kier alpha value is -1.33. The number of halogens is 1. The summed E-state index contributed by atoms with van der Waals surface area (Å²) in [6, 6.07) is 8.18. The molecule has 1 heterocycles. The molecule has 2 aromatic rings. The second-order valence-corrected chi connectivity index (χ2v) is 5.85. The maximum atomic E-state index is 10.6. The lowest BCUT2D eigenvalue weighted by Gasteiger charge is -2.10. The van der Waals surface area contributed by atoms with E-state index in [1.165, 1.54) is 0 Å². The number of carbonyl (C=O) groups excluding carboxylic acids is 1. The molecule has 0 aliphatic rings. The highest BCUT2D eigenvalue weighted by Gasteiger charge is 2.11. The molecule has 1 aromatic carbocycles. The number of hydrogen-bond acceptors (Lipinski definition) is 3. The van der Waals surface area contributed by atoms with Crippen LogP contribution in [0.3, 0.4) is 0 Å². The molecule has 108 valence electrons. The maximum absolute atomic E-state index is 10.6. The van der Waals surface area contributed by atoms with Gasteiger partial charge in [-0.3, -0.25) is 4.79 Å². The lowest BCUT2D eigenvalue weighted by molar-refractivity contribution is -0.118. The first kappa shape index (κ1) is 15.1. The summed E-state index contributed by atoms with van der Waals surface area (Å²) in [4.78, 5) is 10.6. The molecule has 0 aliphatic carbocycles. The van der Waals surface area contributed by atoms with Crippen LogP contribution in [0.15, 0.2) is 33.2 Å². The number of amides is 1. The predicted molar refractivity (Wildman–Crippen MR) is 83.4 cm³/mol. The Kier molecular flexibility index (Phi) is 5.20. The van der Waals surface area contributed by atoms with Crippen molar-refractivity contribution in [2.45, 2.75) is 32.2 Å². The van der Waals surface area contributed by atoms with Gasteiger partial charge in [0.15, 0.2) is 0 Å². The Bertz CT molecular complexity index is 595. The average molecular weight is 339 g/mol. The van der Waals surface area contributed by atoms with Crippen LogP contribution in [0.1, 0.15) is 38.0 Å². The third-order valence-electron chi connectivity index (χ3n) is 3.22. The molecule has 4 nitrogen and oxygen atoms in total. The van der Waals surface area contributed by atoms with Gasteiger partial charge in [0.25, 0.3) is 0 Å². The number of nitrogens with two attached hydrogens (primary N) is 1. The van der Waals surface area contributed by atoms with Crippen LogP contribution < -0.4 is 11.1 Å². The molecule has 0 aliphatic heterocycles. The Morgan fingerprint density at radius 2 is 2.20 bits per heavy atom. The number of nitrogens with one attached hydrogen (secondary N) is 1. The zero-order valence-corrected chi connectivity index (χ0v) is 13.1. The summed E-state index contributed by atoms with van der Waals surface area (Å²) >= 11 is 3.45. The molecule has 0 bridgehead atoms. The van der Waals surface area contributed by atoms with Crippen LogP contribution in [0, 0.1) is 0 Å². The molecular weight excluding hydrogens is 320 g/mol. The largest absolute Gasteiger partial charge is 0.459 e. The summed E-state index contributed by atoms with van der Waals surface area (Å²) < 4.78 is 6.87. The molecular formula is C15H19BrN2O2. The third kappa shape index (κ3) is 4.08. The van der Waals surface area contributed by atoms with E-state index in [1.54, 1.807) is 0 Å². The molecule has 0 fully saturated rings. The smallest absolute Gasteiger partial charge is 0.217 e. The van der Waals surface area contributed by atoms with Gasteiger partial charge >= 0.3 is 0 Å². The average Bonchev–Trinajstić information content (AvgIpc) is 2.80. The minimum Gasteiger partial charge on any atom is -0.459 e. The topological polar surface area (TPSA) is 68.3 Å². The Morgan fingerprint density at radius 3 is 2.95 bits per heavy atom. The van der Waals surface area contributed by atoms with Gasteiger partial charge in [-0.25, -0.2) is 0 Å². The van der Waals surface area contributed by atoms with Gasteiger partial charge in [0.2, 0.25) is 5.91 Å². The van der Waals surface area contributed by atoms with Crippen LogP contribution >= 0.6 is 15.9 Å². The fraction of sp³-hybridized carbons (Fsp3) is 0.400. The molecule has 2 rings (SSSR count).